The number of nitrogens with zero attached hydrogens (tertiary/aromatic N) is 1. The predicted molar refractivity (Wildman–Crippen MR) is 60.5 cm³/mol. The van der Waals surface area contributed by atoms with E-state index in [1.54, 1.807) is 37.3 Å². The van der Waals surface area contributed by atoms with Crippen LogP contribution in [0.4, 0.5) is 0 Å². The number of carbonyl (C=O) groups is 1. The van der Waals surface area contributed by atoms with Gasteiger partial charge in [0.05, 0.1) is 6.61 Å². The monoisotopic (exact) mass is 232 g/mol. The minimum atomic E-state index is -0.788. The largest absolute Gasteiger partial charge is 0.462 e. The predicted octanol–water partition coefficient (Wildman–Crippen LogP) is 1.32. The van der Waals surface area contributed by atoms with Gasteiger partial charge >= 0.3 is 5.97 Å². The Labute approximate surface area is 99.1 Å². The van der Waals surface area contributed by atoms with Gasteiger partial charge in [0.25, 0.3) is 0 Å². The van der Waals surface area contributed by atoms with Gasteiger partial charge < -0.3 is 15.2 Å². The number of nitriles is 1. The number of hydrogen-bond donors (Lipinski definition) is 1. The number of para-hydroxylation sites is 1. The quantitative estimate of drug-likeness (QED) is 0.366. The van der Waals surface area contributed by atoms with Crippen LogP contribution in [0.3, 0.4) is 0 Å². The Kier molecular flexibility index (Phi) is 4.58. The average Bonchev–Trinajstić information content (AvgIpc) is 2.31. The molecule has 88 valence electrons. The Morgan fingerprint density at radius 1 is 1.41 bits per heavy atom. The van der Waals surface area contributed by atoms with E-state index in [1.165, 1.54) is 0 Å². The molecule has 0 fully saturated rings. The third-order valence-electron chi connectivity index (χ3n) is 1.81. The number of hydrogen-bond acceptors (Lipinski definition) is 5. The van der Waals surface area contributed by atoms with Crippen LogP contribution in [-0.4, -0.2) is 12.6 Å². The van der Waals surface area contributed by atoms with Crippen LogP contribution in [-0.2, 0) is 9.53 Å². The molecule has 0 spiro atoms. The molecule has 0 radical (unpaired) electrons. The molecule has 0 atom stereocenters. The highest BCUT2D eigenvalue weighted by atomic mass is 16.5. The van der Waals surface area contributed by atoms with Crippen molar-refractivity contribution < 1.29 is 14.3 Å². The van der Waals surface area contributed by atoms with Crippen molar-refractivity contribution in [2.24, 2.45) is 5.73 Å². The van der Waals surface area contributed by atoms with Crippen LogP contribution >= 0.6 is 0 Å². The van der Waals surface area contributed by atoms with E-state index in [1.807, 2.05) is 6.07 Å². The first kappa shape index (κ1) is 12.6. The van der Waals surface area contributed by atoms with Gasteiger partial charge in [-0.3, -0.25) is 0 Å². The van der Waals surface area contributed by atoms with E-state index in [2.05, 4.69) is 4.74 Å². The number of carbonyl (C=O) groups excluding carboxylic acids is 1. The minimum Gasteiger partial charge on any atom is -0.462 e. The van der Waals surface area contributed by atoms with E-state index in [9.17, 15) is 4.79 Å². The van der Waals surface area contributed by atoms with Crippen LogP contribution in [0.2, 0.25) is 0 Å². The fraction of sp³-hybridized carbons (Fsp3) is 0.167. The maximum atomic E-state index is 11.3. The highest BCUT2D eigenvalue weighted by Gasteiger charge is 2.16. The summed E-state index contributed by atoms with van der Waals surface area (Å²) in [4.78, 5) is 11.3. The fourth-order valence-corrected chi connectivity index (χ4v) is 1.07. The summed E-state index contributed by atoms with van der Waals surface area (Å²) in [7, 11) is 0. The Morgan fingerprint density at radius 2 is 2.06 bits per heavy atom. The lowest BCUT2D eigenvalue weighted by atomic mass is 10.3. The molecule has 5 heteroatoms. The molecule has 0 saturated heterocycles. The summed E-state index contributed by atoms with van der Waals surface area (Å²) in [6.45, 7) is 1.81. The van der Waals surface area contributed by atoms with Crippen molar-refractivity contribution in [1.82, 2.24) is 0 Å². The lowest BCUT2D eigenvalue weighted by molar-refractivity contribution is -0.138. The zero-order valence-corrected chi connectivity index (χ0v) is 9.34. The van der Waals surface area contributed by atoms with Crippen molar-refractivity contribution >= 4 is 5.97 Å². The SMILES string of the molecule is CCOC(=O)/C(C#N)=C(\N)Oc1ccccc1. The van der Waals surface area contributed by atoms with E-state index in [-0.39, 0.29) is 18.1 Å². The zero-order valence-electron chi connectivity index (χ0n) is 9.34. The van der Waals surface area contributed by atoms with Crippen molar-refractivity contribution in [2.75, 3.05) is 6.61 Å². The van der Waals surface area contributed by atoms with Crippen molar-refractivity contribution in [2.45, 2.75) is 6.92 Å². The standard InChI is InChI=1S/C12H12N2O3/c1-2-16-12(15)10(8-13)11(14)17-9-6-4-3-5-7-9/h3-7H,2,14H2,1H3/b11-10+. The van der Waals surface area contributed by atoms with E-state index in [0.717, 1.165) is 0 Å². The summed E-state index contributed by atoms with van der Waals surface area (Å²) < 4.78 is 9.84. The number of ether oxygens (including phenoxy) is 2. The van der Waals surface area contributed by atoms with Crippen LogP contribution in [0.15, 0.2) is 41.8 Å². The summed E-state index contributed by atoms with van der Waals surface area (Å²) in [5.74, 6) is -0.609. The summed E-state index contributed by atoms with van der Waals surface area (Å²) in [6, 6.07) is 10.3. The lowest BCUT2D eigenvalue weighted by Crippen LogP contribution is -2.16. The molecular weight excluding hydrogens is 220 g/mol. The highest BCUT2D eigenvalue weighted by molar-refractivity contribution is 5.93. The summed E-state index contributed by atoms with van der Waals surface area (Å²) in [5, 5.41) is 8.80. The molecule has 17 heavy (non-hydrogen) atoms. The molecule has 0 aromatic heterocycles. The normalized spacial score (nSPS) is 11.1. The Morgan fingerprint density at radius 3 is 2.59 bits per heavy atom. The third kappa shape index (κ3) is 3.54. The van der Waals surface area contributed by atoms with Gasteiger partial charge in [0.1, 0.15) is 11.8 Å². The summed E-state index contributed by atoms with van der Waals surface area (Å²) >= 11 is 0. The number of esters is 1. The summed E-state index contributed by atoms with van der Waals surface area (Å²) in [6.07, 6.45) is 0. The number of rotatable bonds is 4. The van der Waals surface area contributed by atoms with Gasteiger partial charge in [-0.2, -0.15) is 5.26 Å². The van der Waals surface area contributed by atoms with Gasteiger partial charge in [-0.15, -0.1) is 0 Å². The molecule has 0 aliphatic heterocycles. The van der Waals surface area contributed by atoms with Crippen LogP contribution in [0.5, 0.6) is 5.75 Å². The molecule has 1 aromatic carbocycles. The van der Waals surface area contributed by atoms with E-state index in [0.29, 0.717) is 5.75 Å². The van der Waals surface area contributed by atoms with Gasteiger partial charge in [-0.1, -0.05) is 18.2 Å². The van der Waals surface area contributed by atoms with Crippen molar-refractivity contribution in [3.8, 4) is 11.8 Å². The molecule has 0 amide bonds. The second-order valence-corrected chi connectivity index (χ2v) is 2.99. The molecule has 0 aliphatic carbocycles. The molecule has 0 saturated carbocycles. The van der Waals surface area contributed by atoms with Gasteiger partial charge in [0.15, 0.2) is 5.57 Å². The van der Waals surface area contributed by atoms with E-state index < -0.39 is 5.97 Å². The molecule has 5 nitrogen and oxygen atoms in total. The van der Waals surface area contributed by atoms with Crippen LogP contribution in [0, 0.1) is 11.3 Å². The van der Waals surface area contributed by atoms with Crippen LogP contribution < -0.4 is 10.5 Å². The van der Waals surface area contributed by atoms with Gasteiger partial charge in [-0.25, -0.2) is 4.79 Å². The van der Waals surface area contributed by atoms with Crippen LogP contribution in [0.1, 0.15) is 6.92 Å². The van der Waals surface area contributed by atoms with Gasteiger partial charge in [0, 0.05) is 0 Å². The van der Waals surface area contributed by atoms with Crippen LogP contribution in [0.25, 0.3) is 0 Å². The van der Waals surface area contributed by atoms with Gasteiger partial charge in [-0.05, 0) is 19.1 Å². The Hall–Kier alpha value is -2.48. The molecule has 1 aromatic rings. The van der Waals surface area contributed by atoms with E-state index >= 15 is 0 Å². The molecule has 2 N–H and O–H groups in total. The minimum absolute atomic E-state index is 0.169. The Bertz CT molecular complexity index is 460. The van der Waals surface area contributed by atoms with Crippen molar-refractivity contribution in [3.05, 3.63) is 41.8 Å². The number of benzene rings is 1. The third-order valence-corrected chi connectivity index (χ3v) is 1.81. The topological polar surface area (TPSA) is 85.3 Å². The zero-order chi connectivity index (χ0) is 12.7. The molecule has 0 aliphatic rings. The maximum Gasteiger partial charge on any atom is 0.354 e. The lowest BCUT2D eigenvalue weighted by Gasteiger charge is -2.07. The molecular formula is C12H12N2O3. The van der Waals surface area contributed by atoms with Crippen molar-refractivity contribution in [1.29, 1.82) is 5.26 Å². The highest BCUT2D eigenvalue weighted by Crippen LogP contribution is 2.12. The molecule has 0 bridgehead atoms. The van der Waals surface area contributed by atoms with Crippen molar-refractivity contribution in [3.63, 3.8) is 0 Å². The molecule has 0 unspecified atom stereocenters. The smallest absolute Gasteiger partial charge is 0.354 e. The second-order valence-electron chi connectivity index (χ2n) is 2.99. The molecule has 0 heterocycles. The van der Waals surface area contributed by atoms with E-state index in [4.69, 9.17) is 15.7 Å². The summed E-state index contributed by atoms with van der Waals surface area (Å²) in [5.41, 5.74) is 5.19. The molecule has 1 rings (SSSR count). The van der Waals surface area contributed by atoms with Gasteiger partial charge in [0.2, 0.25) is 5.88 Å². The number of nitrogens with two attached hydrogens (primary N) is 1. The Balaban J connectivity index is 2.88. The first-order chi connectivity index (χ1) is 8.19. The first-order valence-corrected chi connectivity index (χ1v) is 4.99. The maximum absolute atomic E-state index is 11.3. The average molecular weight is 232 g/mol. The second kappa shape index (κ2) is 6.18. The fourth-order valence-electron chi connectivity index (χ4n) is 1.07. The first-order valence-electron chi connectivity index (χ1n) is 4.99.